The molecule has 1 aromatic carbocycles. The van der Waals surface area contributed by atoms with Crippen molar-refractivity contribution in [2.45, 2.75) is 19.6 Å². The third-order valence-corrected chi connectivity index (χ3v) is 3.21. The highest BCUT2D eigenvalue weighted by molar-refractivity contribution is 9.10. The lowest BCUT2D eigenvalue weighted by atomic mass is 10.1. The van der Waals surface area contributed by atoms with E-state index >= 15 is 0 Å². The van der Waals surface area contributed by atoms with Gasteiger partial charge in [-0.3, -0.25) is 0 Å². The molecule has 1 fully saturated rings. The van der Waals surface area contributed by atoms with Crippen LogP contribution in [0.25, 0.3) is 6.08 Å². The average Bonchev–Trinajstić information content (AvgIpc) is 2.32. The molecule has 7 heteroatoms. The Morgan fingerprint density at radius 2 is 1.70 bits per heavy atom. The molecule has 0 unspecified atom stereocenters. The monoisotopic (exact) mass is 346 g/mol. The highest BCUT2D eigenvalue weighted by Gasteiger charge is 2.39. The summed E-state index contributed by atoms with van der Waals surface area (Å²) in [5.41, 5.74) is -0.594. The molecular weight excluding hydrogens is 338 g/mol. The van der Waals surface area contributed by atoms with Gasteiger partial charge in [0.25, 0.3) is 5.79 Å². The van der Waals surface area contributed by atoms with Gasteiger partial charge in [-0.2, -0.15) is 0 Å². The first-order chi connectivity index (χ1) is 9.21. The van der Waals surface area contributed by atoms with E-state index in [1.165, 1.54) is 13.8 Å². The van der Waals surface area contributed by atoms with E-state index in [-0.39, 0.29) is 10.0 Å². The van der Waals surface area contributed by atoms with Crippen LogP contribution in [0.2, 0.25) is 0 Å². The van der Waals surface area contributed by atoms with E-state index in [2.05, 4.69) is 15.9 Å². The Labute approximate surface area is 121 Å². The minimum absolute atomic E-state index is 0.137. The second-order valence-corrected chi connectivity index (χ2v) is 5.29. The molecule has 0 N–H and O–H groups in total. The van der Waals surface area contributed by atoms with Crippen molar-refractivity contribution in [1.82, 2.24) is 0 Å². The van der Waals surface area contributed by atoms with Crippen LogP contribution in [0.4, 0.5) is 8.78 Å². The van der Waals surface area contributed by atoms with Gasteiger partial charge in [-0.05, 0) is 34.1 Å². The summed E-state index contributed by atoms with van der Waals surface area (Å²) in [4.78, 5) is 23.4. The summed E-state index contributed by atoms with van der Waals surface area (Å²) in [6.07, 6.45) is 0.958. The molecule has 20 heavy (non-hydrogen) atoms. The third-order valence-electron chi connectivity index (χ3n) is 2.48. The molecule has 0 amide bonds. The van der Waals surface area contributed by atoms with Gasteiger partial charge in [0.15, 0.2) is 0 Å². The maximum absolute atomic E-state index is 13.8. The van der Waals surface area contributed by atoms with Crippen LogP contribution >= 0.6 is 15.9 Å². The topological polar surface area (TPSA) is 52.6 Å². The molecule has 106 valence electrons. The van der Waals surface area contributed by atoms with Crippen LogP contribution in [0.3, 0.4) is 0 Å². The van der Waals surface area contributed by atoms with Crippen molar-refractivity contribution < 1.29 is 27.8 Å². The van der Waals surface area contributed by atoms with E-state index < -0.39 is 34.9 Å². The second kappa shape index (κ2) is 4.97. The van der Waals surface area contributed by atoms with Crippen molar-refractivity contribution in [3.05, 3.63) is 39.4 Å². The molecular formula is C13H9BrF2O4. The maximum Gasteiger partial charge on any atom is 0.348 e. The number of esters is 2. The van der Waals surface area contributed by atoms with Crippen LogP contribution in [0.1, 0.15) is 19.4 Å². The molecule has 0 atom stereocenters. The summed E-state index contributed by atoms with van der Waals surface area (Å²) in [5, 5.41) is 0. The molecule has 0 spiro atoms. The number of ether oxygens (including phenoxy) is 2. The Kier molecular flexibility index (Phi) is 3.64. The lowest BCUT2D eigenvalue weighted by molar-refractivity contribution is -0.222. The highest BCUT2D eigenvalue weighted by atomic mass is 79.9. The maximum atomic E-state index is 13.8. The summed E-state index contributed by atoms with van der Waals surface area (Å²) in [7, 11) is 0. The van der Waals surface area contributed by atoms with Crippen molar-refractivity contribution in [2.24, 2.45) is 0 Å². The fourth-order valence-corrected chi connectivity index (χ4v) is 1.95. The third kappa shape index (κ3) is 2.72. The predicted molar refractivity (Wildman–Crippen MR) is 68.3 cm³/mol. The number of cyclic esters (lactones) is 2. The summed E-state index contributed by atoms with van der Waals surface area (Å²) >= 11 is 2.73. The van der Waals surface area contributed by atoms with Crippen molar-refractivity contribution in [3.8, 4) is 0 Å². The second-order valence-electron chi connectivity index (χ2n) is 4.50. The zero-order valence-electron chi connectivity index (χ0n) is 10.5. The standard InChI is InChI=1S/C13H9BrF2O4/c1-13(2)19-11(17)7(12(18)20-13)5-6-3-4-8(15)9(14)10(6)16/h3-5H,1-2H3. The van der Waals surface area contributed by atoms with Crippen molar-refractivity contribution >= 4 is 33.9 Å². The van der Waals surface area contributed by atoms with Gasteiger partial charge >= 0.3 is 11.9 Å². The van der Waals surface area contributed by atoms with Crippen LogP contribution in [-0.4, -0.2) is 17.7 Å². The van der Waals surface area contributed by atoms with Crippen molar-refractivity contribution in [2.75, 3.05) is 0 Å². The number of hydrogen-bond acceptors (Lipinski definition) is 4. The molecule has 2 rings (SSSR count). The minimum Gasteiger partial charge on any atom is -0.419 e. The first-order valence-corrected chi connectivity index (χ1v) is 6.32. The molecule has 0 saturated carbocycles. The normalized spacial score (nSPS) is 17.6. The molecule has 1 saturated heterocycles. The Bertz CT molecular complexity index is 616. The number of benzene rings is 1. The van der Waals surface area contributed by atoms with Crippen LogP contribution < -0.4 is 0 Å². The van der Waals surface area contributed by atoms with E-state index in [9.17, 15) is 18.4 Å². The van der Waals surface area contributed by atoms with Gasteiger partial charge in [-0.25, -0.2) is 18.4 Å². The molecule has 1 aromatic rings. The van der Waals surface area contributed by atoms with E-state index in [4.69, 9.17) is 9.47 Å². The number of carbonyl (C=O) groups is 2. The zero-order chi connectivity index (χ0) is 15.1. The largest absolute Gasteiger partial charge is 0.419 e. The van der Waals surface area contributed by atoms with Crippen LogP contribution in [0.15, 0.2) is 22.2 Å². The van der Waals surface area contributed by atoms with Gasteiger partial charge in [0.1, 0.15) is 17.2 Å². The zero-order valence-corrected chi connectivity index (χ0v) is 12.1. The minimum atomic E-state index is -1.37. The Balaban J connectivity index is 2.44. The lowest BCUT2D eigenvalue weighted by Gasteiger charge is -2.29. The van der Waals surface area contributed by atoms with Gasteiger partial charge in [0.2, 0.25) is 0 Å². The molecule has 0 bridgehead atoms. The van der Waals surface area contributed by atoms with Crippen LogP contribution in [0, 0.1) is 11.6 Å². The molecule has 1 heterocycles. The summed E-state index contributed by atoms with van der Waals surface area (Å²) in [6, 6.07) is 2.10. The number of carbonyl (C=O) groups excluding carboxylic acids is 2. The smallest absolute Gasteiger partial charge is 0.348 e. The van der Waals surface area contributed by atoms with Crippen molar-refractivity contribution in [3.63, 3.8) is 0 Å². The fourth-order valence-electron chi connectivity index (χ4n) is 1.59. The molecule has 0 aromatic heterocycles. The first-order valence-electron chi connectivity index (χ1n) is 5.53. The van der Waals surface area contributed by atoms with E-state index in [0.717, 1.165) is 18.2 Å². The molecule has 0 radical (unpaired) electrons. The Morgan fingerprint density at radius 3 is 2.25 bits per heavy atom. The fraction of sp³-hybridized carbons (Fsp3) is 0.231. The summed E-state index contributed by atoms with van der Waals surface area (Å²) < 4.78 is 36.2. The number of hydrogen-bond donors (Lipinski definition) is 0. The molecule has 1 aliphatic rings. The van der Waals surface area contributed by atoms with E-state index in [1.54, 1.807) is 0 Å². The Morgan fingerprint density at radius 1 is 1.15 bits per heavy atom. The quantitative estimate of drug-likeness (QED) is 0.339. The number of halogens is 3. The van der Waals surface area contributed by atoms with E-state index in [0.29, 0.717) is 0 Å². The average molecular weight is 347 g/mol. The van der Waals surface area contributed by atoms with Gasteiger partial charge in [-0.1, -0.05) is 0 Å². The van der Waals surface area contributed by atoms with Gasteiger partial charge < -0.3 is 9.47 Å². The molecule has 0 aliphatic carbocycles. The van der Waals surface area contributed by atoms with Gasteiger partial charge in [-0.15, -0.1) is 0 Å². The van der Waals surface area contributed by atoms with Crippen LogP contribution in [-0.2, 0) is 19.1 Å². The Hall–Kier alpha value is -1.76. The highest BCUT2D eigenvalue weighted by Crippen LogP contribution is 2.27. The summed E-state index contributed by atoms with van der Waals surface area (Å²) in [6.45, 7) is 2.79. The van der Waals surface area contributed by atoms with Gasteiger partial charge in [0, 0.05) is 19.4 Å². The first kappa shape index (κ1) is 14.6. The molecule has 4 nitrogen and oxygen atoms in total. The van der Waals surface area contributed by atoms with E-state index in [1.807, 2.05) is 0 Å². The SMILES string of the molecule is CC1(C)OC(=O)C(=Cc2ccc(F)c(Br)c2F)C(=O)O1. The van der Waals surface area contributed by atoms with Crippen LogP contribution in [0.5, 0.6) is 0 Å². The van der Waals surface area contributed by atoms with Crippen molar-refractivity contribution in [1.29, 1.82) is 0 Å². The molecule has 1 aliphatic heterocycles. The predicted octanol–water partition coefficient (Wildman–Crippen LogP) is 2.95. The summed E-state index contributed by atoms with van der Waals surface area (Å²) in [5.74, 6) is -4.94. The number of rotatable bonds is 1. The van der Waals surface area contributed by atoms with Gasteiger partial charge in [0.05, 0.1) is 4.47 Å². The lowest BCUT2D eigenvalue weighted by Crippen LogP contribution is -2.41.